The largest absolute Gasteiger partial charge is 0.398 e. The summed E-state index contributed by atoms with van der Waals surface area (Å²) in [5.41, 5.74) is 8.22. The zero-order valence-electron chi connectivity index (χ0n) is 10.1. The number of H-pyrrole nitrogens is 1. The van der Waals surface area contributed by atoms with Crippen LogP contribution in [-0.2, 0) is 0 Å². The SMILES string of the molecule is CNC(=O)c1cnc(-c2cnc3[nH]ccc3c2N)s1. The van der Waals surface area contributed by atoms with Crippen molar-refractivity contribution in [3.8, 4) is 10.6 Å². The fourth-order valence-electron chi connectivity index (χ4n) is 1.83. The topological polar surface area (TPSA) is 96.7 Å². The van der Waals surface area contributed by atoms with Gasteiger partial charge in [0, 0.05) is 24.8 Å². The Morgan fingerprint density at radius 1 is 1.42 bits per heavy atom. The molecule has 0 bridgehead atoms. The van der Waals surface area contributed by atoms with Crippen LogP contribution in [0.15, 0.2) is 24.7 Å². The van der Waals surface area contributed by atoms with E-state index in [-0.39, 0.29) is 5.91 Å². The first kappa shape index (κ1) is 11.7. The molecule has 0 aliphatic heterocycles. The number of thiazole rings is 1. The van der Waals surface area contributed by atoms with Crippen molar-refractivity contribution in [3.63, 3.8) is 0 Å². The first-order chi connectivity index (χ1) is 9.20. The molecular formula is C12H11N5OS. The molecule has 19 heavy (non-hydrogen) atoms. The Morgan fingerprint density at radius 2 is 2.26 bits per heavy atom. The average molecular weight is 273 g/mol. The maximum atomic E-state index is 11.5. The van der Waals surface area contributed by atoms with E-state index in [1.54, 1.807) is 25.6 Å². The second kappa shape index (κ2) is 4.36. The molecule has 4 N–H and O–H groups in total. The lowest BCUT2D eigenvalue weighted by molar-refractivity contribution is 0.0967. The fourth-order valence-corrected chi connectivity index (χ4v) is 2.71. The number of aromatic nitrogens is 3. The monoisotopic (exact) mass is 273 g/mol. The number of nitrogens with zero attached hydrogens (tertiary/aromatic N) is 2. The number of pyridine rings is 1. The second-order valence-electron chi connectivity index (χ2n) is 3.93. The number of rotatable bonds is 2. The number of nitrogen functional groups attached to an aromatic ring is 1. The van der Waals surface area contributed by atoms with E-state index in [2.05, 4.69) is 20.3 Å². The molecule has 0 saturated carbocycles. The average Bonchev–Trinajstić information content (AvgIpc) is 3.07. The van der Waals surface area contributed by atoms with Crippen molar-refractivity contribution in [1.82, 2.24) is 20.3 Å². The summed E-state index contributed by atoms with van der Waals surface area (Å²) < 4.78 is 0. The van der Waals surface area contributed by atoms with Crippen LogP contribution in [0.25, 0.3) is 21.6 Å². The minimum absolute atomic E-state index is 0.155. The van der Waals surface area contributed by atoms with Crippen LogP contribution in [0.1, 0.15) is 9.67 Å². The standard InChI is InChI=1S/C12H11N5OS/c1-14-11(18)8-5-17-12(19-8)7-4-16-10-6(9(7)13)2-3-15-10/h2-5H,1H3,(H,14,18)(H3,13,15,16). The highest BCUT2D eigenvalue weighted by Crippen LogP contribution is 2.33. The van der Waals surface area contributed by atoms with Crippen LogP contribution < -0.4 is 11.1 Å². The quantitative estimate of drug-likeness (QED) is 0.661. The Kier molecular flexibility index (Phi) is 2.68. The van der Waals surface area contributed by atoms with Crippen molar-refractivity contribution in [2.24, 2.45) is 0 Å². The molecule has 0 unspecified atom stereocenters. The van der Waals surface area contributed by atoms with E-state index >= 15 is 0 Å². The number of carbonyl (C=O) groups is 1. The highest BCUT2D eigenvalue weighted by Gasteiger charge is 2.14. The number of carbonyl (C=O) groups excluding carboxylic acids is 1. The lowest BCUT2D eigenvalue weighted by atomic mass is 10.2. The van der Waals surface area contributed by atoms with Gasteiger partial charge in [-0.05, 0) is 6.07 Å². The molecule has 6 nitrogen and oxygen atoms in total. The molecule has 0 saturated heterocycles. The van der Waals surface area contributed by atoms with Gasteiger partial charge in [0.2, 0.25) is 0 Å². The van der Waals surface area contributed by atoms with E-state index in [0.29, 0.717) is 15.6 Å². The zero-order chi connectivity index (χ0) is 13.4. The van der Waals surface area contributed by atoms with Gasteiger partial charge >= 0.3 is 0 Å². The Hall–Kier alpha value is -2.41. The van der Waals surface area contributed by atoms with E-state index in [4.69, 9.17) is 5.73 Å². The van der Waals surface area contributed by atoms with Crippen molar-refractivity contribution < 1.29 is 4.79 Å². The van der Waals surface area contributed by atoms with E-state index in [1.807, 2.05) is 6.07 Å². The number of fused-ring (bicyclic) bond motifs is 1. The summed E-state index contributed by atoms with van der Waals surface area (Å²) in [5, 5.41) is 4.11. The molecule has 0 aliphatic carbocycles. The molecule has 3 rings (SSSR count). The molecule has 0 spiro atoms. The van der Waals surface area contributed by atoms with E-state index in [0.717, 1.165) is 16.6 Å². The maximum absolute atomic E-state index is 11.5. The van der Waals surface area contributed by atoms with Crippen LogP contribution in [0, 0.1) is 0 Å². The molecule has 3 aromatic rings. The normalized spacial score (nSPS) is 10.8. The number of aromatic amines is 1. The molecule has 0 aliphatic rings. The number of hydrogen-bond donors (Lipinski definition) is 3. The predicted octanol–water partition coefficient (Wildman–Crippen LogP) is 1.63. The zero-order valence-corrected chi connectivity index (χ0v) is 10.9. The second-order valence-corrected chi connectivity index (χ2v) is 4.96. The predicted molar refractivity (Wildman–Crippen MR) is 75.0 cm³/mol. The van der Waals surface area contributed by atoms with Crippen LogP contribution in [0.3, 0.4) is 0 Å². The smallest absolute Gasteiger partial charge is 0.262 e. The van der Waals surface area contributed by atoms with Gasteiger partial charge in [0.1, 0.15) is 15.5 Å². The van der Waals surface area contributed by atoms with Gasteiger partial charge in [-0.2, -0.15) is 0 Å². The summed E-state index contributed by atoms with van der Waals surface area (Å²) in [4.78, 5) is 23.6. The van der Waals surface area contributed by atoms with Crippen LogP contribution in [0.4, 0.5) is 5.69 Å². The molecule has 1 amide bonds. The molecule has 0 aromatic carbocycles. The first-order valence-electron chi connectivity index (χ1n) is 5.60. The van der Waals surface area contributed by atoms with Crippen molar-refractivity contribution in [3.05, 3.63) is 29.5 Å². The van der Waals surface area contributed by atoms with E-state index < -0.39 is 0 Å². The number of amides is 1. The highest BCUT2D eigenvalue weighted by atomic mass is 32.1. The van der Waals surface area contributed by atoms with Crippen molar-refractivity contribution >= 4 is 34.0 Å². The van der Waals surface area contributed by atoms with Gasteiger partial charge < -0.3 is 16.0 Å². The van der Waals surface area contributed by atoms with Gasteiger partial charge in [0.25, 0.3) is 5.91 Å². The first-order valence-corrected chi connectivity index (χ1v) is 6.42. The van der Waals surface area contributed by atoms with Crippen molar-refractivity contribution in [2.45, 2.75) is 0 Å². The van der Waals surface area contributed by atoms with Crippen LogP contribution in [0.5, 0.6) is 0 Å². The minimum Gasteiger partial charge on any atom is -0.398 e. The third kappa shape index (κ3) is 1.84. The molecular weight excluding hydrogens is 262 g/mol. The van der Waals surface area contributed by atoms with Gasteiger partial charge in [0.05, 0.1) is 17.4 Å². The Balaban J connectivity index is 2.11. The molecule has 7 heteroatoms. The summed E-state index contributed by atoms with van der Waals surface area (Å²) in [6.45, 7) is 0. The Morgan fingerprint density at radius 3 is 3.05 bits per heavy atom. The van der Waals surface area contributed by atoms with Crippen molar-refractivity contribution in [2.75, 3.05) is 12.8 Å². The fraction of sp³-hybridized carbons (Fsp3) is 0.0833. The summed E-state index contributed by atoms with van der Waals surface area (Å²) in [6, 6.07) is 1.87. The van der Waals surface area contributed by atoms with E-state index in [9.17, 15) is 4.79 Å². The van der Waals surface area contributed by atoms with Crippen LogP contribution in [-0.4, -0.2) is 27.9 Å². The van der Waals surface area contributed by atoms with Crippen molar-refractivity contribution in [1.29, 1.82) is 0 Å². The molecule has 0 atom stereocenters. The molecule has 0 fully saturated rings. The highest BCUT2D eigenvalue weighted by molar-refractivity contribution is 7.17. The van der Waals surface area contributed by atoms with Gasteiger partial charge in [-0.3, -0.25) is 4.79 Å². The van der Waals surface area contributed by atoms with Gasteiger partial charge in [-0.25, -0.2) is 9.97 Å². The lowest BCUT2D eigenvalue weighted by Crippen LogP contribution is -2.16. The number of hydrogen-bond acceptors (Lipinski definition) is 5. The summed E-state index contributed by atoms with van der Waals surface area (Å²) in [5.74, 6) is -0.155. The van der Waals surface area contributed by atoms with Gasteiger partial charge in [0.15, 0.2) is 0 Å². The van der Waals surface area contributed by atoms with E-state index in [1.165, 1.54) is 11.3 Å². The Bertz CT molecular complexity index is 760. The molecule has 3 heterocycles. The summed E-state index contributed by atoms with van der Waals surface area (Å²) in [7, 11) is 1.59. The number of nitrogens with one attached hydrogen (secondary N) is 2. The van der Waals surface area contributed by atoms with Gasteiger partial charge in [-0.1, -0.05) is 0 Å². The molecule has 96 valence electrons. The maximum Gasteiger partial charge on any atom is 0.262 e. The number of anilines is 1. The summed E-state index contributed by atoms with van der Waals surface area (Å²) in [6.07, 6.45) is 5.00. The third-order valence-electron chi connectivity index (χ3n) is 2.82. The van der Waals surface area contributed by atoms with Crippen LogP contribution >= 0.6 is 11.3 Å². The minimum atomic E-state index is -0.155. The molecule has 0 radical (unpaired) electrons. The number of nitrogens with two attached hydrogens (primary N) is 1. The molecule has 3 aromatic heterocycles. The lowest BCUT2D eigenvalue weighted by Gasteiger charge is -2.02. The van der Waals surface area contributed by atoms with Crippen LogP contribution in [0.2, 0.25) is 0 Å². The third-order valence-corrected chi connectivity index (χ3v) is 3.84. The van der Waals surface area contributed by atoms with Gasteiger partial charge in [-0.15, -0.1) is 11.3 Å². The summed E-state index contributed by atoms with van der Waals surface area (Å²) >= 11 is 1.29. The Labute approximate surface area is 112 Å².